The molecular formula is C15H23Br2NO2. The highest BCUT2D eigenvalue weighted by molar-refractivity contribution is 9.11. The van der Waals surface area contributed by atoms with Crippen LogP contribution in [0.2, 0.25) is 0 Å². The molecule has 1 rings (SSSR count). The molecule has 0 aromatic heterocycles. The quantitative estimate of drug-likeness (QED) is 0.668. The van der Waals surface area contributed by atoms with Crippen LogP contribution in [-0.2, 0) is 4.74 Å². The Labute approximate surface area is 138 Å². The van der Waals surface area contributed by atoms with Gasteiger partial charge in [-0.05, 0) is 63.3 Å². The molecule has 0 aliphatic carbocycles. The molecule has 2 unspecified atom stereocenters. The van der Waals surface area contributed by atoms with Crippen LogP contribution in [-0.4, -0.2) is 30.5 Å². The Kier molecular flexibility index (Phi) is 8.10. The number of ether oxygens (including phenoxy) is 1. The van der Waals surface area contributed by atoms with Crippen molar-refractivity contribution in [3.8, 4) is 0 Å². The lowest BCUT2D eigenvalue weighted by Gasteiger charge is -2.19. The zero-order valence-electron chi connectivity index (χ0n) is 12.2. The van der Waals surface area contributed by atoms with Crippen LogP contribution < -0.4 is 5.32 Å². The molecule has 1 aromatic rings. The maximum Gasteiger partial charge on any atom is 0.0945 e. The molecule has 0 saturated heterocycles. The monoisotopic (exact) mass is 407 g/mol. The van der Waals surface area contributed by atoms with E-state index >= 15 is 0 Å². The van der Waals surface area contributed by atoms with Gasteiger partial charge in [0.05, 0.1) is 24.5 Å². The molecule has 3 nitrogen and oxygen atoms in total. The number of hydrogen-bond acceptors (Lipinski definition) is 3. The fraction of sp³-hybridized carbons (Fsp3) is 0.600. The molecule has 114 valence electrons. The van der Waals surface area contributed by atoms with E-state index in [1.54, 1.807) is 0 Å². The Hall–Kier alpha value is -0.100. The maximum absolute atomic E-state index is 9.96. The minimum absolute atomic E-state index is 0.180. The molecule has 5 heteroatoms. The molecule has 2 atom stereocenters. The van der Waals surface area contributed by atoms with Crippen LogP contribution in [0.15, 0.2) is 27.1 Å². The van der Waals surface area contributed by atoms with E-state index in [9.17, 15) is 5.11 Å². The Bertz CT molecular complexity index is 393. The second-order valence-corrected chi connectivity index (χ2v) is 7.11. The molecule has 20 heavy (non-hydrogen) atoms. The Morgan fingerprint density at radius 2 is 1.80 bits per heavy atom. The van der Waals surface area contributed by atoms with Crippen LogP contribution in [0, 0.1) is 5.92 Å². The lowest BCUT2D eigenvalue weighted by molar-refractivity contribution is -0.00444. The summed E-state index contributed by atoms with van der Waals surface area (Å²) in [4.78, 5) is 0. The van der Waals surface area contributed by atoms with Gasteiger partial charge in [0.2, 0.25) is 0 Å². The van der Waals surface area contributed by atoms with Gasteiger partial charge in [-0.3, -0.25) is 0 Å². The van der Waals surface area contributed by atoms with Crippen molar-refractivity contribution in [3.05, 3.63) is 27.1 Å². The molecule has 0 heterocycles. The summed E-state index contributed by atoms with van der Waals surface area (Å²) in [6.07, 6.45) is 0.666. The number of benzene rings is 1. The highest BCUT2D eigenvalue weighted by atomic mass is 79.9. The topological polar surface area (TPSA) is 41.5 Å². The molecule has 0 spiro atoms. The number of hydrogen-bond donors (Lipinski definition) is 2. The first-order valence-corrected chi connectivity index (χ1v) is 8.46. The maximum atomic E-state index is 9.96. The zero-order chi connectivity index (χ0) is 15.1. The standard InChI is InChI=1S/C15H23Br2NO2/c1-10(2)7-11(3)20-9-12(19)8-18-15-13(16)5-4-6-14(15)17/h4-6,10-12,18-19H,7-9H2,1-3H3. The number of nitrogens with one attached hydrogen (secondary N) is 1. The second-order valence-electron chi connectivity index (χ2n) is 5.40. The number of halogens is 2. The van der Waals surface area contributed by atoms with E-state index < -0.39 is 6.10 Å². The van der Waals surface area contributed by atoms with Crippen LogP contribution >= 0.6 is 31.9 Å². The first-order chi connectivity index (χ1) is 9.40. The molecule has 0 aliphatic heterocycles. The Morgan fingerprint density at radius 1 is 1.20 bits per heavy atom. The summed E-state index contributed by atoms with van der Waals surface area (Å²) < 4.78 is 7.58. The van der Waals surface area contributed by atoms with Gasteiger partial charge in [-0.1, -0.05) is 19.9 Å². The predicted molar refractivity (Wildman–Crippen MR) is 91.2 cm³/mol. The fourth-order valence-corrected chi connectivity index (χ4v) is 3.23. The van der Waals surface area contributed by atoms with E-state index in [1.807, 2.05) is 25.1 Å². The summed E-state index contributed by atoms with van der Waals surface area (Å²) in [6, 6.07) is 5.87. The minimum atomic E-state index is -0.524. The van der Waals surface area contributed by atoms with Crippen molar-refractivity contribution in [2.75, 3.05) is 18.5 Å². The average Bonchev–Trinajstić information content (AvgIpc) is 2.35. The number of aliphatic hydroxyl groups excluding tert-OH is 1. The van der Waals surface area contributed by atoms with Crippen LogP contribution in [0.25, 0.3) is 0 Å². The third-order valence-electron chi connectivity index (χ3n) is 2.85. The molecule has 0 radical (unpaired) electrons. The van der Waals surface area contributed by atoms with Gasteiger partial charge >= 0.3 is 0 Å². The van der Waals surface area contributed by atoms with E-state index in [0.717, 1.165) is 21.1 Å². The van der Waals surface area contributed by atoms with Gasteiger partial charge in [0.1, 0.15) is 0 Å². The minimum Gasteiger partial charge on any atom is -0.389 e. The van der Waals surface area contributed by atoms with Gasteiger partial charge in [0.15, 0.2) is 0 Å². The van der Waals surface area contributed by atoms with Crippen molar-refractivity contribution in [2.45, 2.75) is 39.4 Å². The van der Waals surface area contributed by atoms with Gasteiger partial charge in [0, 0.05) is 15.5 Å². The van der Waals surface area contributed by atoms with Crippen LogP contribution in [0.1, 0.15) is 27.2 Å². The van der Waals surface area contributed by atoms with Gasteiger partial charge in [0.25, 0.3) is 0 Å². The van der Waals surface area contributed by atoms with Crippen molar-refractivity contribution in [2.24, 2.45) is 5.92 Å². The third kappa shape index (κ3) is 6.57. The smallest absolute Gasteiger partial charge is 0.0945 e. The molecular weight excluding hydrogens is 386 g/mol. The molecule has 0 fully saturated rings. The summed E-state index contributed by atoms with van der Waals surface area (Å²) in [5, 5.41) is 13.2. The SMILES string of the molecule is CC(C)CC(C)OCC(O)CNc1c(Br)cccc1Br. The second kappa shape index (κ2) is 9.03. The van der Waals surface area contributed by atoms with Gasteiger partial charge in [-0.25, -0.2) is 0 Å². The molecule has 1 aromatic carbocycles. The number of aliphatic hydroxyl groups is 1. The van der Waals surface area contributed by atoms with E-state index in [-0.39, 0.29) is 6.10 Å². The first-order valence-electron chi connectivity index (χ1n) is 6.87. The van der Waals surface area contributed by atoms with Crippen LogP contribution in [0.5, 0.6) is 0 Å². The number of rotatable bonds is 8. The van der Waals surface area contributed by atoms with Crippen molar-refractivity contribution in [3.63, 3.8) is 0 Å². The first kappa shape index (κ1) is 18.0. The summed E-state index contributed by atoms with van der Waals surface area (Å²) in [5.74, 6) is 0.608. The molecule has 0 bridgehead atoms. The molecule has 2 N–H and O–H groups in total. The zero-order valence-corrected chi connectivity index (χ0v) is 15.4. The lowest BCUT2D eigenvalue weighted by atomic mass is 10.1. The molecule has 0 aliphatic rings. The number of anilines is 1. The van der Waals surface area contributed by atoms with E-state index in [4.69, 9.17) is 4.74 Å². The third-order valence-corrected chi connectivity index (χ3v) is 4.18. The van der Waals surface area contributed by atoms with Crippen molar-refractivity contribution in [1.29, 1.82) is 0 Å². The van der Waals surface area contributed by atoms with Crippen molar-refractivity contribution in [1.82, 2.24) is 0 Å². The van der Waals surface area contributed by atoms with Gasteiger partial charge < -0.3 is 15.2 Å². The lowest BCUT2D eigenvalue weighted by Crippen LogP contribution is -2.27. The molecule has 0 saturated carbocycles. The van der Waals surface area contributed by atoms with Gasteiger partial charge in [-0.2, -0.15) is 0 Å². The van der Waals surface area contributed by atoms with Crippen molar-refractivity contribution >= 4 is 37.5 Å². The molecule has 0 amide bonds. The highest BCUT2D eigenvalue weighted by Crippen LogP contribution is 2.30. The summed E-state index contributed by atoms with van der Waals surface area (Å²) in [7, 11) is 0. The van der Waals surface area contributed by atoms with Crippen molar-refractivity contribution < 1.29 is 9.84 Å². The van der Waals surface area contributed by atoms with Crippen LogP contribution in [0.3, 0.4) is 0 Å². The van der Waals surface area contributed by atoms with E-state index in [0.29, 0.717) is 19.1 Å². The Balaban J connectivity index is 2.35. The summed E-state index contributed by atoms with van der Waals surface area (Å²) >= 11 is 6.96. The van der Waals surface area contributed by atoms with E-state index in [1.165, 1.54) is 0 Å². The fourth-order valence-electron chi connectivity index (χ4n) is 1.95. The predicted octanol–water partition coefficient (Wildman–Crippen LogP) is 4.44. The largest absolute Gasteiger partial charge is 0.389 e. The van der Waals surface area contributed by atoms with E-state index in [2.05, 4.69) is 51.0 Å². The highest BCUT2D eigenvalue weighted by Gasteiger charge is 2.11. The van der Waals surface area contributed by atoms with Gasteiger partial charge in [-0.15, -0.1) is 0 Å². The summed E-state index contributed by atoms with van der Waals surface area (Å²) in [6.45, 7) is 7.19. The average molecular weight is 409 g/mol. The number of para-hydroxylation sites is 1. The normalized spacial score (nSPS) is 14.3. The Morgan fingerprint density at radius 3 is 2.35 bits per heavy atom. The van der Waals surface area contributed by atoms with Crippen LogP contribution in [0.4, 0.5) is 5.69 Å². The summed E-state index contributed by atoms with van der Waals surface area (Å²) in [5.41, 5.74) is 0.946.